The van der Waals surface area contributed by atoms with Crippen LogP contribution in [0.25, 0.3) is 44.2 Å². The lowest BCUT2D eigenvalue weighted by molar-refractivity contribution is 0.669. The second kappa shape index (κ2) is 9.42. The molecule has 0 radical (unpaired) electrons. The number of benzene rings is 6. The molecule has 2 heteroatoms. The van der Waals surface area contributed by atoms with E-state index in [9.17, 15) is 0 Å². The smallest absolute Gasteiger partial charge is 0.137 e. The Morgan fingerprint density at radius 3 is 1.76 bits per heavy atom. The number of furan rings is 1. The summed E-state index contributed by atoms with van der Waals surface area (Å²) in [6.45, 7) is 0. The maximum Gasteiger partial charge on any atom is 0.137 e. The van der Waals surface area contributed by atoms with Crippen molar-refractivity contribution in [2.24, 2.45) is 0 Å². The van der Waals surface area contributed by atoms with E-state index < -0.39 is 0 Å². The summed E-state index contributed by atoms with van der Waals surface area (Å²) >= 11 is 0. The van der Waals surface area contributed by atoms with E-state index in [2.05, 4.69) is 138 Å². The molecule has 180 valence electrons. The van der Waals surface area contributed by atoms with E-state index in [1.54, 1.807) is 0 Å². The molecular formula is C36H25NO. The van der Waals surface area contributed by atoms with Gasteiger partial charge < -0.3 is 9.32 Å². The molecule has 0 atom stereocenters. The largest absolute Gasteiger partial charge is 0.456 e. The van der Waals surface area contributed by atoms with E-state index in [0.29, 0.717) is 0 Å². The summed E-state index contributed by atoms with van der Waals surface area (Å²) in [6.07, 6.45) is 0. The lowest BCUT2D eigenvalue weighted by Crippen LogP contribution is -2.11. The van der Waals surface area contributed by atoms with Gasteiger partial charge in [-0.2, -0.15) is 0 Å². The van der Waals surface area contributed by atoms with Crippen LogP contribution in [0.4, 0.5) is 17.1 Å². The topological polar surface area (TPSA) is 16.4 Å². The summed E-state index contributed by atoms with van der Waals surface area (Å²) in [4.78, 5) is 2.32. The molecule has 7 aromatic rings. The van der Waals surface area contributed by atoms with Gasteiger partial charge in [0, 0.05) is 33.8 Å². The number of para-hydroxylation sites is 2. The van der Waals surface area contributed by atoms with Gasteiger partial charge in [-0.25, -0.2) is 0 Å². The molecule has 1 heterocycles. The molecule has 1 aromatic heterocycles. The van der Waals surface area contributed by atoms with Crippen molar-refractivity contribution in [2.75, 3.05) is 4.90 Å². The third-order valence-corrected chi connectivity index (χ3v) is 7.08. The zero-order valence-electron chi connectivity index (χ0n) is 20.8. The molecule has 0 saturated carbocycles. The molecule has 7 rings (SSSR count). The fraction of sp³-hybridized carbons (Fsp3) is 0. The molecule has 0 amide bonds. The lowest BCUT2D eigenvalue weighted by Gasteiger charge is -2.28. The number of hydrogen-bond acceptors (Lipinski definition) is 2. The highest BCUT2D eigenvalue weighted by Crippen LogP contribution is 2.42. The highest BCUT2D eigenvalue weighted by Gasteiger charge is 2.18. The summed E-state index contributed by atoms with van der Waals surface area (Å²) in [7, 11) is 0. The van der Waals surface area contributed by atoms with Crippen molar-refractivity contribution < 1.29 is 4.42 Å². The number of fused-ring (bicyclic) bond motifs is 3. The molecule has 0 N–H and O–H groups in total. The second-order valence-corrected chi connectivity index (χ2v) is 9.41. The minimum atomic E-state index is 0.881. The van der Waals surface area contributed by atoms with Gasteiger partial charge in [-0.3, -0.25) is 0 Å². The minimum Gasteiger partial charge on any atom is -0.456 e. The van der Waals surface area contributed by atoms with E-state index in [0.717, 1.165) is 39.0 Å². The summed E-state index contributed by atoms with van der Waals surface area (Å²) in [5, 5.41) is 2.26. The monoisotopic (exact) mass is 487 g/mol. The first-order chi connectivity index (χ1) is 18.8. The van der Waals surface area contributed by atoms with Crippen LogP contribution in [0.1, 0.15) is 0 Å². The molecule has 0 bridgehead atoms. The molecule has 38 heavy (non-hydrogen) atoms. The normalized spacial score (nSPS) is 11.2. The van der Waals surface area contributed by atoms with Gasteiger partial charge in [-0.05, 0) is 53.1 Å². The Labute approximate surface area is 222 Å². The maximum absolute atomic E-state index is 6.28. The van der Waals surface area contributed by atoms with Crippen molar-refractivity contribution >= 4 is 39.0 Å². The fourth-order valence-electron chi connectivity index (χ4n) is 5.24. The van der Waals surface area contributed by atoms with Crippen LogP contribution in [-0.2, 0) is 0 Å². The van der Waals surface area contributed by atoms with Gasteiger partial charge >= 0.3 is 0 Å². The highest BCUT2D eigenvalue weighted by molar-refractivity contribution is 6.06. The van der Waals surface area contributed by atoms with E-state index in [1.165, 1.54) is 22.3 Å². The Morgan fingerprint density at radius 2 is 0.974 bits per heavy atom. The summed E-state index contributed by atoms with van der Waals surface area (Å²) < 4.78 is 6.28. The first-order valence-electron chi connectivity index (χ1n) is 12.9. The Morgan fingerprint density at radius 1 is 0.395 bits per heavy atom. The molecule has 0 saturated heterocycles. The Bertz CT molecular complexity index is 1850. The number of rotatable bonds is 5. The standard InChI is InChI=1S/C36H25NO/c1-3-11-26(12-4-1)27-19-21-29(22-20-27)37(34-17-9-7-15-31(34)28-13-5-2-6-14-28)30-23-24-33-32-16-8-10-18-35(32)38-36(33)25-30/h1-25H. The van der Waals surface area contributed by atoms with Crippen LogP contribution in [-0.4, -0.2) is 0 Å². The van der Waals surface area contributed by atoms with E-state index in [4.69, 9.17) is 4.42 Å². The molecule has 0 aliphatic heterocycles. The highest BCUT2D eigenvalue weighted by atomic mass is 16.3. The molecule has 0 spiro atoms. The summed E-state index contributed by atoms with van der Waals surface area (Å²) in [6, 6.07) is 53.2. The number of anilines is 3. The van der Waals surface area contributed by atoms with Crippen molar-refractivity contribution in [3.05, 3.63) is 152 Å². The van der Waals surface area contributed by atoms with E-state index in [1.807, 2.05) is 18.2 Å². The van der Waals surface area contributed by atoms with Crippen LogP contribution in [0, 0.1) is 0 Å². The van der Waals surface area contributed by atoms with Crippen LogP contribution in [0.3, 0.4) is 0 Å². The molecule has 0 aliphatic carbocycles. The number of nitrogens with zero attached hydrogens (tertiary/aromatic N) is 1. The van der Waals surface area contributed by atoms with Crippen molar-refractivity contribution in [1.29, 1.82) is 0 Å². The van der Waals surface area contributed by atoms with Gasteiger partial charge in [-0.1, -0.05) is 109 Å². The van der Waals surface area contributed by atoms with Gasteiger partial charge in [0.05, 0.1) is 5.69 Å². The summed E-state index contributed by atoms with van der Waals surface area (Å²) in [5.41, 5.74) is 9.79. The quantitative estimate of drug-likeness (QED) is 0.240. The summed E-state index contributed by atoms with van der Waals surface area (Å²) in [5.74, 6) is 0. The number of hydrogen-bond donors (Lipinski definition) is 0. The van der Waals surface area contributed by atoms with Crippen LogP contribution < -0.4 is 4.90 Å². The zero-order valence-corrected chi connectivity index (χ0v) is 20.8. The average Bonchev–Trinajstić information content (AvgIpc) is 3.37. The zero-order chi connectivity index (χ0) is 25.3. The minimum absolute atomic E-state index is 0.881. The van der Waals surface area contributed by atoms with E-state index >= 15 is 0 Å². The Hall–Kier alpha value is -5.08. The first-order valence-corrected chi connectivity index (χ1v) is 12.9. The first kappa shape index (κ1) is 22.1. The SMILES string of the molecule is c1ccc(-c2ccc(N(c3ccc4c(c3)oc3ccccc34)c3ccccc3-c3ccccc3)cc2)cc1. The van der Waals surface area contributed by atoms with Crippen LogP contribution in [0.5, 0.6) is 0 Å². The lowest BCUT2D eigenvalue weighted by atomic mass is 10.0. The van der Waals surface area contributed by atoms with Gasteiger partial charge in [-0.15, -0.1) is 0 Å². The predicted molar refractivity (Wildman–Crippen MR) is 159 cm³/mol. The molecular weight excluding hydrogens is 462 g/mol. The van der Waals surface area contributed by atoms with E-state index in [-0.39, 0.29) is 0 Å². The Kier molecular flexibility index (Phi) is 5.49. The van der Waals surface area contributed by atoms with Crippen molar-refractivity contribution in [1.82, 2.24) is 0 Å². The molecule has 0 unspecified atom stereocenters. The molecule has 2 nitrogen and oxygen atoms in total. The van der Waals surface area contributed by atoms with Gasteiger partial charge in [0.25, 0.3) is 0 Å². The molecule has 0 aliphatic rings. The van der Waals surface area contributed by atoms with Crippen molar-refractivity contribution in [3.63, 3.8) is 0 Å². The van der Waals surface area contributed by atoms with Crippen molar-refractivity contribution in [2.45, 2.75) is 0 Å². The third-order valence-electron chi connectivity index (χ3n) is 7.08. The van der Waals surface area contributed by atoms with Gasteiger partial charge in [0.2, 0.25) is 0 Å². The van der Waals surface area contributed by atoms with Crippen LogP contribution in [0.2, 0.25) is 0 Å². The predicted octanol–water partition coefficient (Wildman–Crippen LogP) is 10.4. The van der Waals surface area contributed by atoms with Crippen molar-refractivity contribution in [3.8, 4) is 22.3 Å². The van der Waals surface area contributed by atoms with Gasteiger partial charge in [0.15, 0.2) is 0 Å². The van der Waals surface area contributed by atoms with Crippen LogP contribution in [0.15, 0.2) is 156 Å². The molecule has 0 fully saturated rings. The third kappa shape index (κ3) is 3.93. The van der Waals surface area contributed by atoms with Crippen LogP contribution >= 0.6 is 0 Å². The Balaban J connectivity index is 1.42. The fourth-order valence-corrected chi connectivity index (χ4v) is 5.24. The average molecular weight is 488 g/mol. The maximum atomic E-state index is 6.28. The second-order valence-electron chi connectivity index (χ2n) is 9.41. The molecule has 6 aromatic carbocycles. The van der Waals surface area contributed by atoms with Gasteiger partial charge in [0.1, 0.15) is 11.2 Å².